The third-order valence-corrected chi connectivity index (χ3v) is 5.36. The molecule has 0 bridgehead atoms. The molecule has 0 saturated carbocycles. The van der Waals surface area contributed by atoms with Crippen molar-refractivity contribution in [3.8, 4) is 5.75 Å². The van der Waals surface area contributed by atoms with Gasteiger partial charge in [-0.05, 0) is 48.2 Å². The number of para-hydroxylation sites is 3. The van der Waals surface area contributed by atoms with Crippen molar-refractivity contribution in [2.75, 3.05) is 6.61 Å². The maximum atomic E-state index is 12.4. The Morgan fingerprint density at radius 2 is 1.81 bits per heavy atom. The molecule has 2 heterocycles. The Morgan fingerprint density at radius 1 is 1.03 bits per heavy atom. The van der Waals surface area contributed by atoms with E-state index in [0.29, 0.717) is 24.8 Å². The lowest BCUT2D eigenvalue weighted by Crippen LogP contribution is -2.25. The van der Waals surface area contributed by atoms with Crippen LogP contribution in [-0.4, -0.2) is 27.0 Å². The quantitative estimate of drug-likeness (QED) is 0.383. The summed E-state index contributed by atoms with van der Waals surface area (Å²) < 4.78 is 8.25. The van der Waals surface area contributed by atoms with Crippen molar-refractivity contribution in [3.63, 3.8) is 0 Å². The number of pyridine rings is 1. The maximum absolute atomic E-state index is 12.4. The molecule has 0 unspecified atom stereocenters. The zero-order valence-corrected chi connectivity index (χ0v) is 18.5. The van der Waals surface area contributed by atoms with Crippen LogP contribution in [0.15, 0.2) is 72.9 Å². The summed E-state index contributed by atoms with van der Waals surface area (Å²) in [5, 5.41) is 2.94. The average Bonchev–Trinajstić information content (AvgIpc) is 3.18. The minimum Gasteiger partial charge on any atom is -0.493 e. The first kappa shape index (κ1) is 21.6. The van der Waals surface area contributed by atoms with Crippen molar-refractivity contribution in [3.05, 3.63) is 90.0 Å². The molecule has 2 aromatic heterocycles. The van der Waals surface area contributed by atoms with Crippen LogP contribution in [0.3, 0.4) is 0 Å². The highest BCUT2D eigenvalue weighted by molar-refractivity contribution is 5.92. The Hall–Kier alpha value is -3.67. The molecule has 6 nitrogen and oxygen atoms in total. The van der Waals surface area contributed by atoms with Gasteiger partial charge in [-0.25, -0.2) is 4.98 Å². The lowest BCUT2D eigenvalue weighted by molar-refractivity contribution is 0.0944. The van der Waals surface area contributed by atoms with Crippen molar-refractivity contribution in [2.45, 2.75) is 39.3 Å². The zero-order chi connectivity index (χ0) is 22.3. The first-order chi connectivity index (χ1) is 15.6. The molecule has 0 radical (unpaired) electrons. The molecule has 32 heavy (non-hydrogen) atoms. The molecule has 0 atom stereocenters. The molecule has 0 aliphatic heterocycles. The largest absolute Gasteiger partial charge is 0.493 e. The first-order valence-electron chi connectivity index (χ1n) is 11.0. The lowest BCUT2D eigenvalue weighted by Gasteiger charge is -2.14. The van der Waals surface area contributed by atoms with E-state index < -0.39 is 0 Å². The Bertz CT molecular complexity index is 1180. The number of nitrogens with zero attached hydrogens (tertiary/aromatic N) is 3. The zero-order valence-electron chi connectivity index (χ0n) is 18.5. The number of aryl methyl sites for hydroxylation is 1. The number of rotatable bonds is 9. The number of hydrogen-bond acceptors (Lipinski definition) is 4. The number of benzene rings is 2. The van der Waals surface area contributed by atoms with E-state index in [4.69, 9.17) is 9.72 Å². The second-order valence-electron chi connectivity index (χ2n) is 7.96. The molecule has 0 fully saturated rings. The molecule has 0 saturated heterocycles. The first-order valence-corrected chi connectivity index (χ1v) is 11.0. The molecule has 0 spiro atoms. The monoisotopic (exact) mass is 428 g/mol. The summed E-state index contributed by atoms with van der Waals surface area (Å²) in [5.74, 6) is 1.97. The smallest absolute Gasteiger partial charge is 0.270 e. The van der Waals surface area contributed by atoms with E-state index in [1.54, 1.807) is 24.4 Å². The number of fused-ring (bicyclic) bond motifs is 1. The summed E-state index contributed by atoms with van der Waals surface area (Å²) in [6.45, 7) is 6.03. The van der Waals surface area contributed by atoms with Gasteiger partial charge in [-0.2, -0.15) is 0 Å². The van der Waals surface area contributed by atoms with E-state index in [9.17, 15) is 4.79 Å². The molecule has 2 aromatic carbocycles. The van der Waals surface area contributed by atoms with Crippen LogP contribution in [0, 0.1) is 0 Å². The maximum Gasteiger partial charge on any atom is 0.270 e. The Morgan fingerprint density at radius 3 is 2.62 bits per heavy atom. The van der Waals surface area contributed by atoms with Gasteiger partial charge >= 0.3 is 0 Å². The molecule has 6 heteroatoms. The summed E-state index contributed by atoms with van der Waals surface area (Å²) in [4.78, 5) is 21.3. The van der Waals surface area contributed by atoms with Gasteiger partial charge in [-0.3, -0.25) is 9.78 Å². The van der Waals surface area contributed by atoms with Crippen LogP contribution in [0.2, 0.25) is 0 Å². The molecule has 0 aliphatic carbocycles. The molecular formula is C26H28N4O2. The summed E-state index contributed by atoms with van der Waals surface area (Å²) >= 11 is 0. The van der Waals surface area contributed by atoms with Crippen molar-refractivity contribution in [1.29, 1.82) is 0 Å². The van der Waals surface area contributed by atoms with E-state index in [1.807, 2.05) is 36.4 Å². The van der Waals surface area contributed by atoms with Crippen LogP contribution in [0.1, 0.15) is 48.1 Å². The van der Waals surface area contributed by atoms with Gasteiger partial charge in [0, 0.05) is 12.7 Å². The van der Waals surface area contributed by atoms with Gasteiger partial charge in [0.05, 0.1) is 24.2 Å². The standard InChI is InChI=1S/C26H28N4O2/c1-19(2)20-10-3-6-14-24(20)32-17-9-16-30-23-13-5-4-11-21(23)29-25(30)18-28-26(31)22-12-7-8-15-27-22/h3-8,10-15,19H,9,16-18H2,1-2H3,(H,28,31). The fourth-order valence-electron chi connectivity index (χ4n) is 3.75. The Labute approximate surface area is 188 Å². The molecule has 4 rings (SSSR count). The van der Waals surface area contributed by atoms with Gasteiger partial charge in [-0.1, -0.05) is 50.2 Å². The van der Waals surface area contributed by atoms with Crippen molar-refractivity contribution in [2.24, 2.45) is 0 Å². The number of amides is 1. The molecule has 1 amide bonds. The fraction of sp³-hybridized carbons (Fsp3) is 0.269. The molecular weight excluding hydrogens is 400 g/mol. The topological polar surface area (TPSA) is 69.0 Å². The second-order valence-corrected chi connectivity index (χ2v) is 7.96. The summed E-state index contributed by atoms with van der Waals surface area (Å²) in [6, 6.07) is 21.5. The minimum atomic E-state index is -0.210. The van der Waals surface area contributed by atoms with Crippen LogP contribution in [0.25, 0.3) is 11.0 Å². The highest BCUT2D eigenvalue weighted by Gasteiger charge is 2.13. The number of imidazole rings is 1. The normalized spacial score (nSPS) is 11.1. The number of hydrogen-bond donors (Lipinski definition) is 1. The Kier molecular flexibility index (Phi) is 6.80. The van der Waals surface area contributed by atoms with Gasteiger partial charge in [0.2, 0.25) is 0 Å². The highest BCUT2D eigenvalue weighted by atomic mass is 16.5. The summed E-state index contributed by atoms with van der Waals surface area (Å²) in [5.41, 5.74) is 3.59. The summed E-state index contributed by atoms with van der Waals surface area (Å²) in [6.07, 6.45) is 2.44. The highest BCUT2D eigenvalue weighted by Crippen LogP contribution is 2.26. The number of carbonyl (C=O) groups is 1. The van der Waals surface area contributed by atoms with Crippen molar-refractivity contribution >= 4 is 16.9 Å². The fourth-order valence-corrected chi connectivity index (χ4v) is 3.75. The third kappa shape index (κ3) is 4.97. The van der Waals surface area contributed by atoms with Gasteiger partial charge in [0.15, 0.2) is 0 Å². The number of nitrogens with one attached hydrogen (secondary N) is 1. The number of ether oxygens (including phenoxy) is 1. The van der Waals surface area contributed by atoms with Gasteiger partial charge in [0.25, 0.3) is 5.91 Å². The van der Waals surface area contributed by atoms with E-state index in [-0.39, 0.29) is 5.91 Å². The summed E-state index contributed by atoms with van der Waals surface area (Å²) in [7, 11) is 0. The van der Waals surface area contributed by atoms with Crippen LogP contribution in [0.5, 0.6) is 5.75 Å². The molecule has 1 N–H and O–H groups in total. The van der Waals surface area contributed by atoms with Gasteiger partial charge in [0.1, 0.15) is 17.3 Å². The number of aromatic nitrogens is 3. The SMILES string of the molecule is CC(C)c1ccccc1OCCCn1c(CNC(=O)c2ccccn2)nc2ccccc21. The van der Waals surface area contributed by atoms with E-state index in [2.05, 4.69) is 40.8 Å². The van der Waals surface area contributed by atoms with Crippen LogP contribution in [0.4, 0.5) is 0 Å². The predicted octanol–water partition coefficient (Wildman–Crippen LogP) is 4.95. The van der Waals surface area contributed by atoms with Crippen LogP contribution >= 0.6 is 0 Å². The van der Waals surface area contributed by atoms with Crippen LogP contribution in [-0.2, 0) is 13.1 Å². The molecule has 4 aromatic rings. The molecule has 164 valence electrons. The lowest BCUT2D eigenvalue weighted by atomic mass is 10.0. The van der Waals surface area contributed by atoms with Gasteiger partial charge in [-0.15, -0.1) is 0 Å². The van der Waals surface area contributed by atoms with Gasteiger partial charge < -0.3 is 14.6 Å². The van der Waals surface area contributed by atoms with E-state index in [0.717, 1.165) is 35.6 Å². The van der Waals surface area contributed by atoms with E-state index >= 15 is 0 Å². The minimum absolute atomic E-state index is 0.210. The second kappa shape index (κ2) is 10.1. The third-order valence-electron chi connectivity index (χ3n) is 5.36. The average molecular weight is 429 g/mol. The van der Waals surface area contributed by atoms with Crippen molar-refractivity contribution < 1.29 is 9.53 Å². The Balaban J connectivity index is 1.43. The van der Waals surface area contributed by atoms with Crippen molar-refractivity contribution in [1.82, 2.24) is 19.9 Å². The predicted molar refractivity (Wildman–Crippen MR) is 126 cm³/mol. The van der Waals surface area contributed by atoms with Crippen LogP contribution < -0.4 is 10.1 Å². The number of carbonyl (C=O) groups excluding carboxylic acids is 1. The molecule has 0 aliphatic rings. The van der Waals surface area contributed by atoms with E-state index in [1.165, 1.54) is 5.56 Å².